The van der Waals surface area contributed by atoms with Gasteiger partial charge in [-0.1, -0.05) is 18.5 Å². The van der Waals surface area contributed by atoms with Gasteiger partial charge in [-0.25, -0.2) is 4.79 Å². The molecular weight excluding hydrogens is 280 g/mol. The maximum absolute atomic E-state index is 12.4. The van der Waals surface area contributed by atoms with Crippen LogP contribution in [-0.4, -0.2) is 30.1 Å². The molecule has 1 saturated heterocycles. The molecule has 1 atom stereocenters. The summed E-state index contributed by atoms with van der Waals surface area (Å²) >= 11 is 5.88. The monoisotopic (exact) mass is 296 g/mol. The van der Waals surface area contributed by atoms with Gasteiger partial charge in [0.1, 0.15) is 0 Å². The van der Waals surface area contributed by atoms with Gasteiger partial charge in [-0.05, 0) is 37.6 Å². The predicted molar refractivity (Wildman–Crippen MR) is 77.3 cm³/mol. The molecule has 1 aliphatic heterocycles. The lowest BCUT2D eigenvalue weighted by Crippen LogP contribution is -2.37. The van der Waals surface area contributed by atoms with Crippen molar-refractivity contribution in [3.05, 3.63) is 28.8 Å². The van der Waals surface area contributed by atoms with E-state index < -0.39 is 11.4 Å². The number of carboxylic acids is 1. The van der Waals surface area contributed by atoms with E-state index in [-0.39, 0.29) is 16.5 Å². The van der Waals surface area contributed by atoms with Gasteiger partial charge in [0, 0.05) is 17.3 Å². The Morgan fingerprint density at radius 2 is 2.20 bits per heavy atom. The number of carboxylic acid groups (broad SMARTS) is 1. The normalized spacial score (nSPS) is 21.7. The lowest BCUT2D eigenvalue weighted by molar-refractivity contribution is -0.124. The summed E-state index contributed by atoms with van der Waals surface area (Å²) in [6, 6.07) is 4.32. The second-order valence-electron chi connectivity index (χ2n) is 5.05. The second-order valence-corrected chi connectivity index (χ2v) is 5.48. The average molecular weight is 297 g/mol. The number of carbonyl (C=O) groups excluding carboxylic acids is 1. The van der Waals surface area contributed by atoms with Gasteiger partial charge in [-0.2, -0.15) is 0 Å². The third-order valence-corrected chi connectivity index (χ3v) is 4.02. The zero-order chi connectivity index (χ0) is 14.8. The van der Waals surface area contributed by atoms with E-state index in [0.717, 1.165) is 19.4 Å². The fourth-order valence-corrected chi connectivity index (χ4v) is 2.68. The van der Waals surface area contributed by atoms with E-state index >= 15 is 0 Å². The van der Waals surface area contributed by atoms with Gasteiger partial charge in [0.15, 0.2) is 0 Å². The van der Waals surface area contributed by atoms with Crippen LogP contribution in [0.5, 0.6) is 0 Å². The maximum atomic E-state index is 12.4. The summed E-state index contributed by atoms with van der Waals surface area (Å²) in [5, 5.41) is 15.3. The van der Waals surface area contributed by atoms with Crippen LogP contribution in [-0.2, 0) is 4.79 Å². The van der Waals surface area contributed by atoms with Crippen molar-refractivity contribution in [3.8, 4) is 0 Å². The highest BCUT2D eigenvalue weighted by atomic mass is 35.5. The molecule has 0 radical (unpaired) electrons. The minimum atomic E-state index is -1.07. The Balaban J connectivity index is 2.21. The van der Waals surface area contributed by atoms with Crippen molar-refractivity contribution < 1.29 is 14.7 Å². The molecule has 0 bridgehead atoms. The molecule has 0 spiro atoms. The van der Waals surface area contributed by atoms with E-state index in [1.807, 2.05) is 6.92 Å². The van der Waals surface area contributed by atoms with Gasteiger partial charge in [0.2, 0.25) is 5.91 Å². The van der Waals surface area contributed by atoms with E-state index in [1.54, 1.807) is 6.07 Å². The standard InChI is InChI=1S/C14H17ClN2O3/c1-2-14(3-4-16-8-14)13(20)17-11-6-9(12(18)19)5-10(15)7-11/h5-7,16H,2-4,8H2,1H3,(H,17,20)(H,18,19). The van der Waals surface area contributed by atoms with Gasteiger partial charge >= 0.3 is 5.97 Å². The molecule has 3 N–H and O–H groups in total. The fourth-order valence-electron chi connectivity index (χ4n) is 2.45. The zero-order valence-corrected chi connectivity index (χ0v) is 12.0. The van der Waals surface area contributed by atoms with E-state index in [0.29, 0.717) is 12.2 Å². The van der Waals surface area contributed by atoms with Crippen molar-refractivity contribution in [3.63, 3.8) is 0 Å². The molecule has 6 heteroatoms. The smallest absolute Gasteiger partial charge is 0.335 e. The summed E-state index contributed by atoms with van der Waals surface area (Å²) in [4.78, 5) is 23.4. The Bertz CT molecular complexity index is 539. The third kappa shape index (κ3) is 2.94. The minimum Gasteiger partial charge on any atom is -0.478 e. The summed E-state index contributed by atoms with van der Waals surface area (Å²) in [6.07, 6.45) is 1.51. The summed E-state index contributed by atoms with van der Waals surface area (Å²) in [7, 11) is 0. The molecule has 2 rings (SSSR count). The van der Waals surface area contributed by atoms with Crippen molar-refractivity contribution >= 4 is 29.2 Å². The van der Waals surface area contributed by atoms with Crippen LogP contribution < -0.4 is 10.6 Å². The first kappa shape index (κ1) is 14.8. The minimum absolute atomic E-state index is 0.0582. The van der Waals surface area contributed by atoms with E-state index in [2.05, 4.69) is 10.6 Å². The quantitative estimate of drug-likeness (QED) is 0.797. The van der Waals surface area contributed by atoms with Gasteiger partial charge in [-0.3, -0.25) is 4.79 Å². The molecule has 1 fully saturated rings. The lowest BCUT2D eigenvalue weighted by Gasteiger charge is -2.25. The van der Waals surface area contributed by atoms with Crippen LogP contribution in [0, 0.1) is 5.41 Å². The van der Waals surface area contributed by atoms with Crippen LogP contribution in [0.2, 0.25) is 5.02 Å². The SMILES string of the molecule is CCC1(C(=O)Nc2cc(Cl)cc(C(=O)O)c2)CCNC1. The van der Waals surface area contributed by atoms with Gasteiger partial charge in [-0.15, -0.1) is 0 Å². The van der Waals surface area contributed by atoms with Crippen LogP contribution in [0.1, 0.15) is 30.1 Å². The highest BCUT2D eigenvalue weighted by molar-refractivity contribution is 6.31. The van der Waals surface area contributed by atoms with Crippen LogP contribution >= 0.6 is 11.6 Å². The number of halogens is 1. The molecule has 0 saturated carbocycles. The number of aromatic carboxylic acids is 1. The number of carbonyl (C=O) groups is 2. The van der Waals surface area contributed by atoms with Gasteiger partial charge < -0.3 is 15.7 Å². The van der Waals surface area contributed by atoms with Crippen LogP contribution in [0.25, 0.3) is 0 Å². The van der Waals surface area contributed by atoms with Crippen LogP contribution in [0.3, 0.4) is 0 Å². The topological polar surface area (TPSA) is 78.4 Å². The molecule has 1 aromatic carbocycles. The van der Waals surface area contributed by atoms with Gasteiger partial charge in [0.05, 0.1) is 11.0 Å². The number of nitrogens with one attached hydrogen (secondary N) is 2. The Labute approximate surface area is 122 Å². The van der Waals surface area contributed by atoms with Crippen LogP contribution in [0.15, 0.2) is 18.2 Å². The number of hydrogen-bond acceptors (Lipinski definition) is 3. The van der Waals surface area contributed by atoms with E-state index in [1.165, 1.54) is 12.1 Å². The number of anilines is 1. The van der Waals surface area contributed by atoms with Crippen molar-refractivity contribution in [1.29, 1.82) is 0 Å². The Kier molecular flexibility index (Phi) is 4.30. The zero-order valence-electron chi connectivity index (χ0n) is 11.2. The highest BCUT2D eigenvalue weighted by Crippen LogP contribution is 2.31. The molecule has 5 nitrogen and oxygen atoms in total. The number of rotatable bonds is 4. The average Bonchev–Trinajstić information content (AvgIpc) is 2.88. The highest BCUT2D eigenvalue weighted by Gasteiger charge is 2.39. The van der Waals surface area contributed by atoms with E-state index in [9.17, 15) is 9.59 Å². The third-order valence-electron chi connectivity index (χ3n) is 3.80. The molecule has 1 amide bonds. The fraction of sp³-hybridized carbons (Fsp3) is 0.429. The second kappa shape index (κ2) is 5.81. The molecule has 20 heavy (non-hydrogen) atoms. The number of hydrogen-bond donors (Lipinski definition) is 3. The Hall–Kier alpha value is -1.59. The predicted octanol–water partition coefficient (Wildman–Crippen LogP) is 2.37. The molecule has 1 aliphatic rings. The van der Waals surface area contributed by atoms with Crippen molar-refractivity contribution in [1.82, 2.24) is 5.32 Å². The molecular formula is C14H17ClN2O3. The first-order valence-electron chi connectivity index (χ1n) is 6.53. The molecule has 1 unspecified atom stereocenters. The summed E-state index contributed by atoms with van der Waals surface area (Å²) in [5.41, 5.74) is 0.0497. The van der Waals surface area contributed by atoms with Crippen LogP contribution in [0.4, 0.5) is 5.69 Å². The Morgan fingerprint density at radius 3 is 2.75 bits per heavy atom. The summed E-state index contributed by atoms with van der Waals surface area (Å²) in [5.74, 6) is -1.17. The first-order valence-corrected chi connectivity index (χ1v) is 6.91. The molecule has 1 aromatic rings. The van der Waals surface area contributed by atoms with Crippen molar-refractivity contribution in [2.45, 2.75) is 19.8 Å². The molecule has 108 valence electrons. The van der Waals surface area contributed by atoms with Crippen molar-refractivity contribution in [2.24, 2.45) is 5.41 Å². The van der Waals surface area contributed by atoms with Crippen molar-refractivity contribution in [2.75, 3.05) is 18.4 Å². The number of benzene rings is 1. The maximum Gasteiger partial charge on any atom is 0.335 e. The van der Waals surface area contributed by atoms with Gasteiger partial charge in [0.25, 0.3) is 0 Å². The largest absolute Gasteiger partial charge is 0.478 e. The molecule has 1 heterocycles. The summed E-state index contributed by atoms with van der Waals surface area (Å²) in [6.45, 7) is 3.44. The Morgan fingerprint density at radius 1 is 1.45 bits per heavy atom. The molecule has 0 aromatic heterocycles. The summed E-state index contributed by atoms with van der Waals surface area (Å²) < 4.78 is 0. The van der Waals surface area contributed by atoms with E-state index in [4.69, 9.17) is 16.7 Å². The molecule has 0 aliphatic carbocycles. The number of amides is 1. The first-order chi connectivity index (χ1) is 9.47. The lowest BCUT2D eigenvalue weighted by atomic mass is 9.83.